The molecular formula is C15H14N2O2. The van der Waals surface area contributed by atoms with Gasteiger partial charge in [-0.1, -0.05) is 12.1 Å². The van der Waals surface area contributed by atoms with Crippen molar-refractivity contribution in [2.75, 3.05) is 7.05 Å². The Morgan fingerprint density at radius 2 is 2.21 bits per heavy atom. The smallest absolute Gasteiger partial charge is 0.230 e. The largest absolute Gasteiger partial charge is 0.464 e. The van der Waals surface area contributed by atoms with Gasteiger partial charge in [0.15, 0.2) is 0 Å². The summed E-state index contributed by atoms with van der Waals surface area (Å²) in [5.41, 5.74) is 1.94. The molecule has 0 aliphatic rings. The van der Waals surface area contributed by atoms with Crippen LogP contribution in [-0.4, -0.2) is 12.0 Å². The highest BCUT2D eigenvalue weighted by Crippen LogP contribution is 2.28. The zero-order chi connectivity index (χ0) is 13.1. The molecule has 2 aromatic heterocycles. The number of fused-ring (bicyclic) bond motifs is 1. The fourth-order valence-electron chi connectivity index (χ4n) is 1.98. The molecule has 3 aromatic rings. The molecule has 0 fully saturated rings. The van der Waals surface area contributed by atoms with Crippen molar-refractivity contribution in [3.8, 4) is 11.6 Å². The number of pyridine rings is 1. The van der Waals surface area contributed by atoms with Gasteiger partial charge in [-0.3, -0.25) is 0 Å². The lowest BCUT2D eigenvalue weighted by molar-refractivity contribution is 0.468. The Kier molecular flexibility index (Phi) is 3.16. The summed E-state index contributed by atoms with van der Waals surface area (Å²) in [7, 11) is 1.92. The third-order valence-corrected chi connectivity index (χ3v) is 2.84. The molecule has 0 saturated carbocycles. The van der Waals surface area contributed by atoms with Crippen molar-refractivity contribution in [2.24, 2.45) is 0 Å². The summed E-state index contributed by atoms with van der Waals surface area (Å²) in [6, 6.07) is 11.6. The van der Waals surface area contributed by atoms with Crippen LogP contribution in [0.1, 0.15) is 5.56 Å². The first-order chi connectivity index (χ1) is 9.36. The minimum absolute atomic E-state index is 0.563. The third-order valence-electron chi connectivity index (χ3n) is 2.84. The molecule has 0 spiro atoms. The summed E-state index contributed by atoms with van der Waals surface area (Å²) in [5, 5.41) is 3.99. The Morgan fingerprint density at radius 3 is 3.11 bits per heavy atom. The second-order valence-corrected chi connectivity index (χ2v) is 4.23. The SMILES string of the molecule is CNCc1cccc(Oc2nccc3occc23)c1. The van der Waals surface area contributed by atoms with Gasteiger partial charge < -0.3 is 14.5 Å². The molecule has 2 heterocycles. The van der Waals surface area contributed by atoms with Gasteiger partial charge in [0.05, 0.1) is 11.6 Å². The van der Waals surface area contributed by atoms with E-state index in [0.717, 1.165) is 23.3 Å². The number of aromatic nitrogens is 1. The standard InChI is InChI=1S/C15H14N2O2/c1-16-10-11-3-2-4-12(9-11)19-15-13-6-8-18-14(13)5-7-17-15/h2-9,16H,10H2,1H3. The van der Waals surface area contributed by atoms with Crippen molar-refractivity contribution < 1.29 is 9.15 Å². The molecule has 1 N–H and O–H groups in total. The Bertz CT molecular complexity index is 691. The van der Waals surface area contributed by atoms with Crippen LogP contribution in [0.2, 0.25) is 0 Å². The van der Waals surface area contributed by atoms with E-state index in [1.54, 1.807) is 12.5 Å². The first-order valence-corrected chi connectivity index (χ1v) is 6.10. The molecular weight excluding hydrogens is 240 g/mol. The fraction of sp³-hybridized carbons (Fsp3) is 0.133. The summed E-state index contributed by atoms with van der Waals surface area (Å²) >= 11 is 0. The maximum absolute atomic E-state index is 5.84. The fourth-order valence-corrected chi connectivity index (χ4v) is 1.98. The predicted octanol–water partition coefficient (Wildman–Crippen LogP) is 3.34. The molecule has 0 aliphatic carbocycles. The maximum Gasteiger partial charge on any atom is 0.230 e. The number of benzene rings is 1. The average molecular weight is 254 g/mol. The molecule has 0 aliphatic heterocycles. The molecule has 4 nitrogen and oxygen atoms in total. The molecule has 0 saturated heterocycles. The van der Waals surface area contributed by atoms with Crippen LogP contribution in [0, 0.1) is 0 Å². The summed E-state index contributed by atoms with van der Waals surface area (Å²) in [5.74, 6) is 1.34. The molecule has 0 radical (unpaired) electrons. The Labute approximate surface area is 111 Å². The van der Waals surface area contributed by atoms with Crippen molar-refractivity contribution in [1.29, 1.82) is 0 Å². The minimum atomic E-state index is 0.563. The molecule has 19 heavy (non-hydrogen) atoms. The van der Waals surface area contributed by atoms with Crippen LogP contribution in [0.5, 0.6) is 11.6 Å². The minimum Gasteiger partial charge on any atom is -0.464 e. The molecule has 4 heteroatoms. The lowest BCUT2D eigenvalue weighted by Gasteiger charge is -2.07. The molecule has 0 bridgehead atoms. The average Bonchev–Trinajstić information content (AvgIpc) is 2.89. The van der Waals surface area contributed by atoms with Crippen LogP contribution in [0.4, 0.5) is 0 Å². The van der Waals surface area contributed by atoms with Gasteiger partial charge in [0.1, 0.15) is 11.3 Å². The molecule has 1 aromatic carbocycles. The monoisotopic (exact) mass is 254 g/mol. The number of nitrogens with one attached hydrogen (secondary N) is 1. The van der Waals surface area contributed by atoms with Gasteiger partial charge in [-0.25, -0.2) is 4.98 Å². The molecule has 0 amide bonds. The van der Waals surface area contributed by atoms with Crippen LogP contribution in [0.25, 0.3) is 11.0 Å². The second-order valence-electron chi connectivity index (χ2n) is 4.23. The van der Waals surface area contributed by atoms with Gasteiger partial charge in [-0.05, 0) is 36.9 Å². The lowest BCUT2D eigenvalue weighted by atomic mass is 10.2. The van der Waals surface area contributed by atoms with Crippen LogP contribution >= 0.6 is 0 Å². The predicted molar refractivity (Wildman–Crippen MR) is 73.3 cm³/mol. The summed E-state index contributed by atoms with van der Waals surface area (Å²) in [4.78, 5) is 4.25. The highest BCUT2D eigenvalue weighted by molar-refractivity contribution is 5.82. The number of nitrogens with zero attached hydrogens (tertiary/aromatic N) is 1. The Hall–Kier alpha value is -2.33. The Balaban J connectivity index is 1.92. The summed E-state index contributed by atoms with van der Waals surface area (Å²) in [6.07, 6.45) is 3.31. The van der Waals surface area contributed by atoms with E-state index in [-0.39, 0.29) is 0 Å². The lowest BCUT2D eigenvalue weighted by Crippen LogP contribution is -2.04. The van der Waals surface area contributed by atoms with Crippen molar-refractivity contribution in [2.45, 2.75) is 6.54 Å². The summed E-state index contributed by atoms with van der Waals surface area (Å²) in [6.45, 7) is 0.806. The van der Waals surface area contributed by atoms with Crippen LogP contribution < -0.4 is 10.1 Å². The van der Waals surface area contributed by atoms with E-state index in [1.165, 1.54) is 5.56 Å². The first-order valence-electron chi connectivity index (χ1n) is 6.10. The molecule has 0 atom stereocenters. The van der Waals surface area contributed by atoms with Crippen molar-refractivity contribution in [3.05, 3.63) is 54.4 Å². The third kappa shape index (κ3) is 2.44. The second kappa shape index (κ2) is 5.12. The zero-order valence-electron chi connectivity index (χ0n) is 10.6. The zero-order valence-corrected chi connectivity index (χ0v) is 10.6. The van der Waals surface area contributed by atoms with Gasteiger partial charge in [-0.2, -0.15) is 0 Å². The van der Waals surface area contributed by atoms with Gasteiger partial charge >= 0.3 is 0 Å². The van der Waals surface area contributed by atoms with Crippen molar-refractivity contribution in [3.63, 3.8) is 0 Å². The van der Waals surface area contributed by atoms with E-state index in [4.69, 9.17) is 9.15 Å². The van der Waals surface area contributed by atoms with E-state index in [9.17, 15) is 0 Å². The quantitative estimate of drug-likeness (QED) is 0.775. The summed E-state index contributed by atoms with van der Waals surface area (Å²) < 4.78 is 11.2. The molecule has 3 rings (SSSR count). The molecule has 0 unspecified atom stereocenters. The van der Waals surface area contributed by atoms with E-state index in [2.05, 4.69) is 16.4 Å². The van der Waals surface area contributed by atoms with Crippen LogP contribution in [-0.2, 0) is 6.54 Å². The van der Waals surface area contributed by atoms with Crippen LogP contribution in [0.3, 0.4) is 0 Å². The van der Waals surface area contributed by atoms with E-state index in [1.807, 2.05) is 37.4 Å². The van der Waals surface area contributed by atoms with Crippen molar-refractivity contribution >= 4 is 11.0 Å². The Morgan fingerprint density at radius 1 is 1.26 bits per heavy atom. The van der Waals surface area contributed by atoms with Crippen LogP contribution in [0.15, 0.2) is 53.3 Å². The number of furan rings is 1. The van der Waals surface area contributed by atoms with Gasteiger partial charge in [-0.15, -0.1) is 0 Å². The van der Waals surface area contributed by atoms with Gasteiger partial charge in [0.25, 0.3) is 0 Å². The van der Waals surface area contributed by atoms with E-state index >= 15 is 0 Å². The maximum atomic E-state index is 5.84. The van der Waals surface area contributed by atoms with E-state index in [0.29, 0.717) is 5.88 Å². The topological polar surface area (TPSA) is 47.3 Å². The number of hydrogen-bond acceptors (Lipinski definition) is 4. The number of ether oxygens (including phenoxy) is 1. The van der Waals surface area contributed by atoms with E-state index < -0.39 is 0 Å². The number of rotatable bonds is 4. The molecule has 96 valence electrons. The van der Waals surface area contributed by atoms with Crippen molar-refractivity contribution in [1.82, 2.24) is 10.3 Å². The highest BCUT2D eigenvalue weighted by atomic mass is 16.5. The normalized spacial score (nSPS) is 10.8. The number of hydrogen-bond donors (Lipinski definition) is 1. The highest BCUT2D eigenvalue weighted by Gasteiger charge is 2.07. The van der Waals surface area contributed by atoms with Gasteiger partial charge in [0.2, 0.25) is 5.88 Å². The van der Waals surface area contributed by atoms with Gasteiger partial charge in [0, 0.05) is 12.7 Å². The first kappa shape index (κ1) is 11.7.